The van der Waals surface area contributed by atoms with Gasteiger partial charge in [0, 0.05) is 27.3 Å². The molecule has 0 radical (unpaired) electrons. The van der Waals surface area contributed by atoms with Gasteiger partial charge in [-0.05, 0) is 58.0 Å². The second-order valence-corrected chi connectivity index (χ2v) is 11.0. The van der Waals surface area contributed by atoms with Gasteiger partial charge in [-0.15, -0.1) is 0 Å². The molecule has 6 aromatic carbocycles. The standard InChI is InChI=1S/C37H27NO/c1-37(2)31-17-7-5-14-27(31)30-23-25(21-22-32(30)37)38(33-18-9-12-24-11-3-4-13-26(24)33)34-19-10-16-29-28-15-6-8-20-35(28)39-36(29)34/h3-23H,1-2H3. The van der Waals surface area contributed by atoms with Gasteiger partial charge in [-0.3, -0.25) is 0 Å². The highest BCUT2D eigenvalue weighted by Crippen LogP contribution is 2.51. The molecule has 0 saturated heterocycles. The van der Waals surface area contributed by atoms with Crippen LogP contribution in [0.15, 0.2) is 132 Å². The predicted octanol–water partition coefficient (Wildman–Crippen LogP) is 10.5. The van der Waals surface area contributed by atoms with E-state index in [4.69, 9.17) is 4.42 Å². The summed E-state index contributed by atoms with van der Waals surface area (Å²) in [5.41, 5.74) is 10.4. The van der Waals surface area contributed by atoms with Gasteiger partial charge in [0.05, 0.1) is 11.4 Å². The van der Waals surface area contributed by atoms with Crippen molar-refractivity contribution in [2.24, 2.45) is 0 Å². The van der Waals surface area contributed by atoms with E-state index in [1.165, 1.54) is 33.0 Å². The van der Waals surface area contributed by atoms with Gasteiger partial charge in [0.25, 0.3) is 0 Å². The van der Waals surface area contributed by atoms with E-state index in [9.17, 15) is 0 Å². The monoisotopic (exact) mass is 501 g/mol. The van der Waals surface area contributed by atoms with Crippen LogP contribution in [0, 0.1) is 0 Å². The largest absolute Gasteiger partial charge is 0.454 e. The minimum Gasteiger partial charge on any atom is -0.454 e. The lowest BCUT2D eigenvalue weighted by Gasteiger charge is -2.28. The molecule has 1 heterocycles. The minimum atomic E-state index is -0.0342. The fraction of sp³-hybridized carbons (Fsp3) is 0.0811. The van der Waals surface area contributed by atoms with Crippen LogP contribution >= 0.6 is 0 Å². The lowest BCUT2D eigenvalue weighted by atomic mass is 9.82. The maximum Gasteiger partial charge on any atom is 0.159 e. The highest BCUT2D eigenvalue weighted by atomic mass is 16.3. The quantitative estimate of drug-likeness (QED) is 0.239. The van der Waals surface area contributed by atoms with E-state index in [0.29, 0.717) is 0 Å². The SMILES string of the molecule is CC1(C)c2ccccc2-c2cc(N(c3cccc4ccccc34)c3cccc4c3oc3ccccc34)ccc21. The normalized spacial score (nSPS) is 13.6. The molecule has 2 nitrogen and oxygen atoms in total. The van der Waals surface area contributed by atoms with Gasteiger partial charge in [0.2, 0.25) is 0 Å². The first kappa shape index (κ1) is 22.2. The molecule has 1 aliphatic carbocycles. The summed E-state index contributed by atoms with van der Waals surface area (Å²) < 4.78 is 6.56. The molecule has 186 valence electrons. The van der Waals surface area contributed by atoms with E-state index in [1.54, 1.807) is 0 Å². The Morgan fingerprint density at radius 3 is 2.13 bits per heavy atom. The van der Waals surface area contributed by atoms with Crippen molar-refractivity contribution < 1.29 is 4.42 Å². The zero-order chi connectivity index (χ0) is 26.1. The Hall–Kier alpha value is -4.82. The summed E-state index contributed by atoms with van der Waals surface area (Å²) in [6, 6.07) is 45.7. The Labute approximate surface area is 227 Å². The number of para-hydroxylation sites is 2. The number of nitrogens with zero attached hydrogens (tertiary/aromatic N) is 1. The zero-order valence-corrected chi connectivity index (χ0v) is 22.0. The molecule has 0 N–H and O–H groups in total. The molecular weight excluding hydrogens is 474 g/mol. The van der Waals surface area contributed by atoms with Gasteiger partial charge in [0.15, 0.2) is 5.58 Å². The maximum absolute atomic E-state index is 6.56. The molecule has 2 heteroatoms. The fourth-order valence-electron chi connectivity index (χ4n) is 6.57. The van der Waals surface area contributed by atoms with E-state index in [-0.39, 0.29) is 5.41 Å². The molecule has 8 rings (SSSR count). The Kier molecular flexibility index (Phi) is 4.60. The van der Waals surface area contributed by atoms with Crippen molar-refractivity contribution in [1.29, 1.82) is 0 Å². The Bertz CT molecular complexity index is 2060. The Morgan fingerprint density at radius 1 is 0.538 bits per heavy atom. The van der Waals surface area contributed by atoms with Crippen LogP contribution in [-0.4, -0.2) is 0 Å². The highest BCUT2D eigenvalue weighted by Gasteiger charge is 2.35. The number of benzene rings is 6. The molecule has 0 saturated carbocycles. The van der Waals surface area contributed by atoms with Gasteiger partial charge in [-0.1, -0.05) is 111 Å². The summed E-state index contributed by atoms with van der Waals surface area (Å²) in [6.45, 7) is 4.66. The van der Waals surface area contributed by atoms with Crippen LogP contribution in [0.1, 0.15) is 25.0 Å². The van der Waals surface area contributed by atoms with Crippen LogP contribution in [0.3, 0.4) is 0 Å². The van der Waals surface area contributed by atoms with Gasteiger partial charge < -0.3 is 9.32 Å². The number of furan rings is 1. The zero-order valence-electron chi connectivity index (χ0n) is 22.0. The van der Waals surface area contributed by atoms with Crippen LogP contribution in [0.25, 0.3) is 43.8 Å². The molecule has 0 spiro atoms. The lowest BCUT2D eigenvalue weighted by Crippen LogP contribution is -2.15. The third kappa shape index (κ3) is 3.15. The van der Waals surface area contributed by atoms with Crippen molar-refractivity contribution in [3.63, 3.8) is 0 Å². The van der Waals surface area contributed by atoms with Crippen molar-refractivity contribution in [2.75, 3.05) is 4.90 Å². The molecule has 0 atom stereocenters. The Morgan fingerprint density at radius 2 is 1.21 bits per heavy atom. The second kappa shape index (κ2) is 8.09. The van der Waals surface area contributed by atoms with Gasteiger partial charge in [-0.2, -0.15) is 0 Å². The van der Waals surface area contributed by atoms with Crippen LogP contribution in [0.4, 0.5) is 17.1 Å². The summed E-state index contributed by atoms with van der Waals surface area (Å²) >= 11 is 0. The van der Waals surface area contributed by atoms with Crippen LogP contribution in [0.2, 0.25) is 0 Å². The summed E-state index contributed by atoms with van der Waals surface area (Å²) in [4.78, 5) is 2.38. The molecule has 0 fully saturated rings. The van der Waals surface area contributed by atoms with Crippen molar-refractivity contribution >= 4 is 49.8 Å². The summed E-state index contributed by atoms with van der Waals surface area (Å²) in [5, 5.41) is 4.68. The van der Waals surface area contributed by atoms with Gasteiger partial charge in [0.1, 0.15) is 5.58 Å². The summed E-state index contributed by atoms with van der Waals surface area (Å²) in [5.74, 6) is 0. The van der Waals surface area contributed by atoms with E-state index >= 15 is 0 Å². The summed E-state index contributed by atoms with van der Waals surface area (Å²) in [6.07, 6.45) is 0. The summed E-state index contributed by atoms with van der Waals surface area (Å²) in [7, 11) is 0. The Balaban J connectivity index is 1.45. The average molecular weight is 502 g/mol. The van der Waals surface area contributed by atoms with Crippen molar-refractivity contribution in [1.82, 2.24) is 0 Å². The van der Waals surface area contributed by atoms with Crippen molar-refractivity contribution in [3.05, 3.63) is 139 Å². The topological polar surface area (TPSA) is 16.4 Å². The number of anilines is 3. The fourth-order valence-corrected chi connectivity index (χ4v) is 6.57. The molecule has 0 bridgehead atoms. The van der Waals surface area contributed by atoms with Gasteiger partial charge >= 0.3 is 0 Å². The molecular formula is C37H27NO. The van der Waals surface area contributed by atoms with Crippen LogP contribution in [-0.2, 0) is 5.41 Å². The molecule has 0 amide bonds. The first-order valence-electron chi connectivity index (χ1n) is 13.5. The molecule has 1 aliphatic rings. The van der Waals surface area contributed by atoms with E-state index in [0.717, 1.165) is 39.0 Å². The van der Waals surface area contributed by atoms with Crippen LogP contribution < -0.4 is 4.90 Å². The first-order chi connectivity index (χ1) is 19.1. The van der Waals surface area contributed by atoms with E-state index in [1.807, 2.05) is 6.07 Å². The minimum absolute atomic E-state index is 0.0342. The lowest BCUT2D eigenvalue weighted by molar-refractivity contribution is 0.660. The van der Waals surface area contributed by atoms with Crippen molar-refractivity contribution in [3.8, 4) is 11.1 Å². The molecule has 39 heavy (non-hydrogen) atoms. The average Bonchev–Trinajstić information content (AvgIpc) is 3.47. The molecule has 7 aromatic rings. The van der Waals surface area contributed by atoms with Gasteiger partial charge in [-0.25, -0.2) is 0 Å². The predicted molar refractivity (Wildman–Crippen MR) is 163 cm³/mol. The maximum atomic E-state index is 6.56. The number of hydrogen-bond acceptors (Lipinski definition) is 2. The highest BCUT2D eigenvalue weighted by molar-refractivity contribution is 6.11. The molecule has 0 unspecified atom stereocenters. The molecule has 0 aliphatic heterocycles. The van der Waals surface area contributed by atoms with E-state index < -0.39 is 0 Å². The smallest absolute Gasteiger partial charge is 0.159 e. The van der Waals surface area contributed by atoms with Crippen molar-refractivity contribution in [2.45, 2.75) is 19.3 Å². The second-order valence-electron chi connectivity index (χ2n) is 11.0. The van der Waals surface area contributed by atoms with Crippen LogP contribution in [0.5, 0.6) is 0 Å². The third-order valence-electron chi connectivity index (χ3n) is 8.46. The first-order valence-corrected chi connectivity index (χ1v) is 13.5. The number of rotatable bonds is 3. The number of fused-ring (bicyclic) bond motifs is 7. The van der Waals surface area contributed by atoms with E-state index in [2.05, 4.69) is 140 Å². The molecule has 1 aromatic heterocycles. The number of hydrogen-bond donors (Lipinski definition) is 0. The third-order valence-corrected chi connectivity index (χ3v) is 8.46.